The van der Waals surface area contributed by atoms with Crippen molar-refractivity contribution in [2.75, 3.05) is 24.1 Å². The number of anilines is 2. The number of benzene rings is 1. The zero-order chi connectivity index (χ0) is 25.9. The summed E-state index contributed by atoms with van der Waals surface area (Å²) in [7, 11) is 0. The third-order valence-electron chi connectivity index (χ3n) is 7.07. The van der Waals surface area contributed by atoms with Crippen LogP contribution in [0.5, 0.6) is 0 Å². The van der Waals surface area contributed by atoms with E-state index in [4.69, 9.17) is 10.7 Å². The van der Waals surface area contributed by atoms with Crippen molar-refractivity contribution >= 4 is 29.0 Å². The highest BCUT2D eigenvalue weighted by Crippen LogP contribution is 2.34. The van der Waals surface area contributed by atoms with Crippen LogP contribution in [0.1, 0.15) is 55.2 Å². The molecule has 1 aliphatic heterocycles. The number of fused-ring (bicyclic) bond motifs is 1. The lowest BCUT2D eigenvalue weighted by molar-refractivity contribution is -0.136. The van der Waals surface area contributed by atoms with Gasteiger partial charge >= 0.3 is 0 Å². The van der Waals surface area contributed by atoms with Gasteiger partial charge in [-0.25, -0.2) is 15.0 Å². The number of aromatic nitrogens is 4. The number of nitrogen functional groups attached to an aromatic ring is 1. The fraction of sp³-hybridized carbons (Fsp3) is 0.321. The van der Waals surface area contributed by atoms with Crippen LogP contribution in [-0.4, -0.2) is 49.2 Å². The molecule has 4 heterocycles. The van der Waals surface area contributed by atoms with Gasteiger partial charge < -0.3 is 16.0 Å². The van der Waals surface area contributed by atoms with E-state index in [-0.39, 0.29) is 23.7 Å². The molecule has 3 N–H and O–H groups in total. The van der Waals surface area contributed by atoms with E-state index in [0.29, 0.717) is 29.4 Å². The molecule has 5 rings (SSSR count). The van der Waals surface area contributed by atoms with E-state index in [9.17, 15) is 9.59 Å². The van der Waals surface area contributed by atoms with Crippen molar-refractivity contribution in [2.45, 2.75) is 39.0 Å². The summed E-state index contributed by atoms with van der Waals surface area (Å²) in [5.74, 6) is 1.82. The number of likely N-dealkylation sites (tertiary alicyclic amines) is 1. The van der Waals surface area contributed by atoms with Gasteiger partial charge in [0, 0.05) is 54.6 Å². The normalized spacial score (nSPS) is 16.5. The molecule has 2 amide bonds. The molecule has 37 heavy (non-hydrogen) atoms. The Bertz CT molecular complexity index is 1420. The van der Waals surface area contributed by atoms with Gasteiger partial charge in [-0.15, -0.1) is 0 Å². The largest absolute Gasteiger partial charge is 0.382 e. The fourth-order valence-electron chi connectivity index (χ4n) is 4.86. The van der Waals surface area contributed by atoms with Crippen molar-refractivity contribution in [1.29, 1.82) is 0 Å². The zero-order valence-electron chi connectivity index (χ0n) is 21.1. The molecule has 190 valence electrons. The minimum atomic E-state index is -0.241. The summed E-state index contributed by atoms with van der Waals surface area (Å²) < 4.78 is 2.00. The van der Waals surface area contributed by atoms with Crippen LogP contribution in [0.25, 0.3) is 16.8 Å². The molecular weight excluding hydrogens is 466 g/mol. The molecule has 0 spiro atoms. The molecule has 4 aromatic rings. The first-order valence-corrected chi connectivity index (χ1v) is 12.7. The summed E-state index contributed by atoms with van der Waals surface area (Å²) in [6.07, 6.45) is 7.88. The van der Waals surface area contributed by atoms with Crippen molar-refractivity contribution in [3.63, 3.8) is 0 Å². The van der Waals surface area contributed by atoms with Crippen LogP contribution in [0.15, 0.2) is 61.1 Å². The van der Waals surface area contributed by atoms with Crippen LogP contribution in [0.4, 0.5) is 11.6 Å². The topological polar surface area (TPSA) is 119 Å². The number of pyridine rings is 1. The zero-order valence-corrected chi connectivity index (χ0v) is 21.1. The minimum Gasteiger partial charge on any atom is -0.382 e. The molecule has 9 heteroatoms. The van der Waals surface area contributed by atoms with Gasteiger partial charge in [0.05, 0.1) is 0 Å². The molecular formula is C28H31N7O2. The highest BCUT2D eigenvalue weighted by molar-refractivity contribution is 6.04. The first-order chi connectivity index (χ1) is 18.0. The Kier molecular flexibility index (Phi) is 6.85. The van der Waals surface area contributed by atoms with Gasteiger partial charge in [-0.3, -0.25) is 14.0 Å². The van der Waals surface area contributed by atoms with Gasteiger partial charge in [-0.2, -0.15) is 0 Å². The number of hydrogen-bond acceptors (Lipinski definition) is 6. The van der Waals surface area contributed by atoms with E-state index in [1.165, 1.54) is 0 Å². The SMILES string of the molecule is CCC(C)C(=O)N1CCCC(c2nc(-c3ccc(C(=O)Nc4ccccn4)cc3)c3c(N)nccn23)C1. The third kappa shape index (κ3) is 4.89. The Hall–Kier alpha value is -4.27. The Labute approximate surface area is 215 Å². The van der Waals surface area contributed by atoms with E-state index in [2.05, 4.69) is 15.3 Å². The van der Waals surface area contributed by atoms with Crippen molar-refractivity contribution in [3.8, 4) is 11.3 Å². The number of imidazole rings is 1. The van der Waals surface area contributed by atoms with Gasteiger partial charge in [0.2, 0.25) is 5.91 Å². The fourth-order valence-corrected chi connectivity index (χ4v) is 4.86. The molecule has 9 nitrogen and oxygen atoms in total. The van der Waals surface area contributed by atoms with Crippen LogP contribution in [0.2, 0.25) is 0 Å². The molecule has 1 fully saturated rings. The third-order valence-corrected chi connectivity index (χ3v) is 7.07. The number of piperidine rings is 1. The quantitative estimate of drug-likeness (QED) is 0.408. The second kappa shape index (κ2) is 10.4. The van der Waals surface area contributed by atoms with E-state index < -0.39 is 0 Å². The summed E-state index contributed by atoms with van der Waals surface area (Å²) >= 11 is 0. The van der Waals surface area contributed by atoms with Crippen LogP contribution >= 0.6 is 0 Å². The van der Waals surface area contributed by atoms with E-state index in [1.54, 1.807) is 36.7 Å². The van der Waals surface area contributed by atoms with Crippen molar-refractivity contribution in [3.05, 3.63) is 72.4 Å². The number of rotatable bonds is 6. The number of carbonyl (C=O) groups excluding carboxylic acids is 2. The smallest absolute Gasteiger partial charge is 0.256 e. The molecule has 1 aliphatic rings. The molecule has 2 unspecified atom stereocenters. The predicted octanol–water partition coefficient (Wildman–Crippen LogP) is 4.38. The minimum absolute atomic E-state index is 0.0135. The molecule has 0 bridgehead atoms. The molecule has 2 atom stereocenters. The van der Waals surface area contributed by atoms with E-state index in [0.717, 1.165) is 42.7 Å². The lowest BCUT2D eigenvalue weighted by Gasteiger charge is -2.33. The predicted molar refractivity (Wildman–Crippen MR) is 143 cm³/mol. The van der Waals surface area contributed by atoms with Gasteiger partial charge in [0.15, 0.2) is 0 Å². The number of nitrogens with one attached hydrogen (secondary N) is 1. The Balaban J connectivity index is 1.45. The number of nitrogens with zero attached hydrogens (tertiary/aromatic N) is 5. The molecule has 0 saturated carbocycles. The van der Waals surface area contributed by atoms with E-state index in [1.807, 2.05) is 47.5 Å². The molecule has 1 aromatic carbocycles. The maximum absolute atomic E-state index is 12.9. The Morgan fingerprint density at radius 1 is 1.14 bits per heavy atom. The summed E-state index contributed by atoms with van der Waals surface area (Å²) in [5.41, 5.74) is 9.11. The second-order valence-corrected chi connectivity index (χ2v) is 9.53. The van der Waals surface area contributed by atoms with Crippen LogP contribution in [0.3, 0.4) is 0 Å². The Morgan fingerprint density at radius 2 is 1.95 bits per heavy atom. The van der Waals surface area contributed by atoms with Crippen molar-refractivity contribution in [1.82, 2.24) is 24.3 Å². The van der Waals surface area contributed by atoms with Gasteiger partial charge in [0.1, 0.15) is 28.7 Å². The standard InChI is InChI=1S/C28H31N7O2/c1-3-18(2)28(37)34-15-6-7-21(17-34)26-33-23(24-25(29)31-14-16-35(24)26)19-9-11-20(12-10-19)27(36)32-22-8-4-5-13-30-22/h4-5,8-14,16,18,21H,3,6-7,15,17H2,1-2H3,(H2,29,31)(H,30,32,36). The summed E-state index contributed by atoms with van der Waals surface area (Å²) in [6, 6.07) is 12.6. The summed E-state index contributed by atoms with van der Waals surface area (Å²) in [6.45, 7) is 5.45. The molecule has 0 aliphatic carbocycles. The van der Waals surface area contributed by atoms with Crippen LogP contribution in [-0.2, 0) is 4.79 Å². The number of nitrogens with two attached hydrogens (primary N) is 1. The monoisotopic (exact) mass is 497 g/mol. The number of hydrogen-bond donors (Lipinski definition) is 2. The van der Waals surface area contributed by atoms with Gasteiger partial charge in [-0.05, 0) is 43.5 Å². The molecule has 0 radical (unpaired) electrons. The van der Waals surface area contributed by atoms with Crippen LogP contribution in [0, 0.1) is 5.92 Å². The average Bonchev–Trinajstić information content (AvgIpc) is 3.34. The molecule has 3 aromatic heterocycles. The second-order valence-electron chi connectivity index (χ2n) is 9.53. The number of amides is 2. The summed E-state index contributed by atoms with van der Waals surface area (Å²) in [5, 5.41) is 2.80. The average molecular weight is 498 g/mol. The number of carbonyl (C=O) groups is 2. The summed E-state index contributed by atoms with van der Waals surface area (Å²) in [4.78, 5) is 41.0. The van der Waals surface area contributed by atoms with Crippen molar-refractivity contribution < 1.29 is 9.59 Å². The van der Waals surface area contributed by atoms with Crippen LogP contribution < -0.4 is 11.1 Å². The van der Waals surface area contributed by atoms with Gasteiger partial charge in [-0.1, -0.05) is 32.0 Å². The highest BCUT2D eigenvalue weighted by Gasteiger charge is 2.30. The lowest BCUT2D eigenvalue weighted by atomic mass is 9.95. The first-order valence-electron chi connectivity index (χ1n) is 12.7. The van der Waals surface area contributed by atoms with Crippen molar-refractivity contribution in [2.24, 2.45) is 5.92 Å². The maximum Gasteiger partial charge on any atom is 0.256 e. The highest BCUT2D eigenvalue weighted by atomic mass is 16.2. The maximum atomic E-state index is 12.9. The van der Waals surface area contributed by atoms with Gasteiger partial charge in [0.25, 0.3) is 5.91 Å². The first kappa shape index (κ1) is 24.4. The lowest BCUT2D eigenvalue weighted by Crippen LogP contribution is -2.42. The Morgan fingerprint density at radius 3 is 2.68 bits per heavy atom. The van der Waals surface area contributed by atoms with E-state index >= 15 is 0 Å². The molecule has 1 saturated heterocycles.